The zero-order valence-electron chi connectivity index (χ0n) is 16.0. The summed E-state index contributed by atoms with van der Waals surface area (Å²) < 4.78 is 26.6. The lowest BCUT2D eigenvalue weighted by atomic mass is 9.78. The van der Waals surface area contributed by atoms with E-state index in [1.165, 1.54) is 11.0 Å². The summed E-state index contributed by atoms with van der Waals surface area (Å²) in [5.41, 5.74) is 0.0702. The third-order valence-electron chi connectivity index (χ3n) is 5.73. The number of benzene rings is 1. The van der Waals surface area contributed by atoms with Crippen LogP contribution in [0.4, 0.5) is 14.9 Å². The number of rotatable bonds is 2. The Hall–Kier alpha value is -1.80. The molecule has 8 heteroatoms. The van der Waals surface area contributed by atoms with E-state index in [9.17, 15) is 14.3 Å². The molecule has 2 fully saturated rings. The molecule has 2 saturated heterocycles. The van der Waals surface area contributed by atoms with Gasteiger partial charge in [0.2, 0.25) is 0 Å². The Kier molecular flexibility index (Phi) is 4.69. The van der Waals surface area contributed by atoms with Gasteiger partial charge in [0, 0.05) is 36.8 Å². The second-order valence-corrected chi connectivity index (χ2v) is 8.07. The Morgan fingerprint density at radius 1 is 1.23 bits per heavy atom. The molecule has 1 N–H and O–H groups in total. The minimum atomic E-state index is -0.917. The van der Waals surface area contributed by atoms with Crippen LogP contribution in [0.5, 0.6) is 0 Å². The Balaban J connectivity index is 1.76. The van der Waals surface area contributed by atoms with E-state index in [4.69, 9.17) is 9.31 Å². The maximum atomic E-state index is 14.8. The predicted octanol–water partition coefficient (Wildman–Crippen LogP) is 2.31. The molecule has 3 rings (SSSR count). The summed E-state index contributed by atoms with van der Waals surface area (Å²) in [7, 11) is -0.739. The molecule has 1 aromatic carbocycles. The van der Waals surface area contributed by atoms with Crippen LogP contribution in [0.3, 0.4) is 0 Å². The van der Waals surface area contributed by atoms with Crippen LogP contribution in [-0.2, 0) is 9.31 Å². The van der Waals surface area contributed by atoms with Gasteiger partial charge in [-0.3, -0.25) is 0 Å². The number of halogens is 1. The van der Waals surface area contributed by atoms with Crippen molar-refractivity contribution in [2.75, 3.05) is 24.5 Å². The number of amides is 1. The van der Waals surface area contributed by atoms with E-state index in [-0.39, 0.29) is 11.9 Å². The van der Waals surface area contributed by atoms with Crippen molar-refractivity contribution in [2.24, 2.45) is 0 Å². The highest BCUT2D eigenvalue weighted by Crippen LogP contribution is 2.36. The molecule has 26 heavy (non-hydrogen) atoms. The smallest absolute Gasteiger partial charge is 0.465 e. The van der Waals surface area contributed by atoms with Crippen molar-refractivity contribution < 1.29 is 23.6 Å². The molecule has 1 unspecified atom stereocenters. The van der Waals surface area contributed by atoms with Crippen molar-refractivity contribution in [1.82, 2.24) is 4.90 Å². The van der Waals surface area contributed by atoms with E-state index >= 15 is 0 Å². The molecule has 0 bridgehead atoms. The molecule has 1 amide bonds. The summed E-state index contributed by atoms with van der Waals surface area (Å²) in [6.07, 6.45) is -0.917. The SMILES string of the molecule is CC1CN(c2ccc(B3OC(C)(C)C(C)(C)O3)c(F)c2)CCN1C(=O)O. The van der Waals surface area contributed by atoms with Crippen molar-refractivity contribution in [1.29, 1.82) is 0 Å². The molecule has 0 spiro atoms. The van der Waals surface area contributed by atoms with E-state index in [1.54, 1.807) is 6.07 Å². The van der Waals surface area contributed by atoms with Crippen LogP contribution in [-0.4, -0.2) is 60.1 Å². The van der Waals surface area contributed by atoms with E-state index in [0.29, 0.717) is 25.1 Å². The van der Waals surface area contributed by atoms with Gasteiger partial charge in [0.15, 0.2) is 0 Å². The largest absolute Gasteiger partial charge is 0.497 e. The number of carbonyl (C=O) groups is 1. The average molecular weight is 364 g/mol. The summed E-state index contributed by atoms with van der Waals surface area (Å²) in [4.78, 5) is 14.6. The first-order chi connectivity index (χ1) is 12.0. The maximum Gasteiger partial charge on any atom is 0.497 e. The summed E-state index contributed by atoms with van der Waals surface area (Å²) in [5.74, 6) is -0.380. The Morgan fingerprint density at radius 3 is 2.35 bits per heavy atom. The third kappa shape index (κ3) is 3.28. The molecule has 0 aliphatic carbocycles. The van der Waals surface area contributed by atoms with E-state index < -0.39 is 24.4 Å². The molecule has 6 nitrogen and oxygen atoms in total. The Bertz CT molecular complexity index is 696. The number of hydrogen-bond acceptors (Lipinski definition) is 4. The maximum absolute atomic E-state index is 14.8. The van der Waals surface area contributed by atoms with Crippen molar-refractivity contribution in [2.45, 2.75) is 51.9 Å². The molecule has 1 atom stereocenters. The minimum Gasteiger partial charge on any atom is -0.465 e. The van der Waals surface area contributed by atoms with Crippen LogP contribution < -0.4 is 10.4 Å². The average Bonchev–Trinajstić information content (AvgIpc) is 2.74. The monoisotopic (exact) mass is 364 g/mol. The van der Waals surface area contributed by atoms with E-state index in [2.05, 4.69) is 0 Å². The highest BCUT2D eigenvalue weighted by atomic mass is 19.1. The standard InChI is InChI=1S/C18H26BFN2O4/c1-12-11-21(8-9-22(12)16(23)24)13-6-7-14(15(20)10-13)19-25-17(2,3)18(4,5)26-19/h6-7,10,12H,8-9,11H2,1-5H3,(H,23,24). The molecular weight excluding hydrogens is 338 g/mol. The number of piperazine rings is 1. The van der Waals surface area contributed by atoms with Crippen molar-refractivity contribution >= 4 is 24.4 Å². The third-order valence-corrected chi connectivity index (χ3v) is 5.73. The number of carboxylic acid groups (broad SMARTS) is 1. The molecule has 0 saturated carbocycles. The molecule has 0 radical (unpaired) electrons. The highest BCUT2D eigenvalue weighted by molar-refractivity contribution is 6.62. The number of hydrogen-bond donors (Lipinski definition) is 1. The normalized spacial score (nSPS) is 24.8. The minimum absolute atomic E-state index is 0.146. The molecule has 2 aliphatic heterocycles. The van der Waals surface area contributed by atoms with Crippen LogP contribution >= 0.6 is 0 Å². The Labute approximate surface area is 154 Å². The van der Waals surface area contributed by atoms with Gasteiger partial charge in [-0.1, -0.05) is 6.07 Å². The van der Waals surface area contributed by atoms with Gasteiger partial charge in [-0.05, 0) is 46.8 Å². The lowest BCUT2D eigenvalue weighted by molar-refractivity contribution is 0.00578. The number of anilines is 1. The lowest BCUT2D eigenvalue weighted by Gasteiger charge is -2.39. The van der Waals surface area contributed by atoms with Gasteiger partial charge < -0.3 is 24.2 Å². The Morgan fingerprint density at radius 2 is 1.85 bits per heavy atom. The first kappa shape index (κ1) is 19.0. The second-order valence-electron chi connectivity index (χ2n) is 8.07. The van der Waals surface area contributed by atoms with Crippen molar-refractivity contribution in [3.63, 3.8) is 0 Å². The van der Waals surface area contributed by atoms with Gasteiger partial charge in [0.1, 0.15) is 5.82 Å². The second kappa shape index (κ2) is 6.42. The van der Waals surface area contributed by atoms with E-state index in [1.807, 2.05) is 45.6 Å². The van der Waals surface area contributed by atoms with Gasteiger partial charge in [0.05, 0.1) is 11.2 Å². The molecule has 142 valence electrons. The van der Waals surface area contributed by atoms with Crippen LogP contribution in [0.25, 0.3) is 0 Å². The summed E-state index contributed by atoms with van der Waals surface area (Å²) in [5, 5.41) is 9.17. The number of nitrogens with zero attached hydrogens (tertiary/aromatic N) is 2. The topological polar surface area (TPSA) is 62.2 Å². The van der Waals surface area contributed by atoms with Crippen LogP contribution in [0.2, 0.25) is 0 Å². The quantitative estimate of drug-likeness (QED) is 0.817. The van der Waals surface area contributed by atoms with Crippen molar-refractivity contribution in [3.8, 4) is 0 Å². The summed E-state index contributed by atoms with van der Waals surface area (Å²) >= 11 is 0. The van der Waals surface area contributed by atoms with Gasteiger partial charge in [0.25, 0.3) is 0 Å². The first-order valence-electron chi connectivity index (χ1n) is 8.91. The molecule has 2 aliphatic rings. The van der Waals surface area contributed by atoms with Gasteiger partial charge in [-0.15, -0.1) is 0 Å². The summed E-state index contributed by atoms with van der Waals surface area (Å²) in [6, 6.07) is 4.86. The van der Waals surface area contributed by atoms with Crippen molar-refractivity contribution in [3.05, 3.63) is 24.0 Å². The van der Waals surface area contributed by atoms with Gasteiger partial charge in [-0.25, -0.2) is 9.18 Å². The molecule has 1 aromatic rings. The fourth-order valence-corrected chi connectivity index (χ4v) is 3.35. The predicted molar refractivity (Wildman–Crippen MR) is 98.5 cm³/mol. The summed E-state index contributed by atoms with van der Waals surface area (Å²) in [6.45, 7) is 11.1. The van der Waals surface area contributed by atoms with Gasteiger partial charge in [-0.2, -0.15) is 0 Å². The molecular formula is C18H26BFN2O4. The van der Waals surface area contributed by atoms with E-state index in [0.717, 1.165) is 5.69 Å². The van der Waals surface area contributed by atoms with Crippen LogP contribution in [0.1, 0.15) is 34.6 Å². The molecule has 0 aromatic heterocycles. The fraction of sp³-hybridized carbons (Fsp3) is 0.611. The molecule has 2 heterocycles. The zero-order valence-corrected chi connectivity index (χ0v) is 16.0. The van der Waals surface area contributed by atoms with Crippen LogP contribution in [0, 0.1) is 5.82 Å². The van der Waals surface area contributed by atoms with Gasteiger partial charge >= 0.3 is 13.2 Å². The first-order valence-corrected chi connectivity index (χ1v) is 8.91. The fourth-order valence-electron chi connectivity index (χ4n) is 3.35. The highest BCUT2D eigenvalue weighted by Gasteiger charge is 2.52. The lowest BCUT2D eigenvalue weighted by Crippen LogP contribution is -2.53. The zero-order chi connectivity index (χ0) is 19.3. The van der Waals surface area contributed by atoms with Crippen LogP contribution in [0.15, 0.2) is 18.2 Å².